The van der Waals surface area contributed by atoms with Crippen molar-refractivity contribution in [3.8, 4) is 39.7 Å². The molecule has 9 rings (SSSR count). The lowest BCUT2D eigenvalue weighted by molar-refractivity contribution is 0.589. The van der Waals surface area contributed by atoms with Crippen LogP contribution in [0.1, 0.15) is 5.56 Å². The fourth-order valence-electron chi connectivity index (χ4n) is 7.25. The van der Waals surface area contributed by atoms with E-state index in [9.17, 15) is 5.26 Å². The minimum absolute atomic E-state index is 0.160. The second kappa shape index (κ2) is 10.8. The summed E-state index contributed by atoms with van der Waals surface area (Å²) in [5.41, 5.74) is 8.31. The van der Waals surface area contributed by atoms with Crippen molar-refractivity contribution in [3.05, 3.63) is 169 Å². The van der Waals surface area contributed by atoms with Gasteiger partial charge in [0.2, 0.25) is 0 Å². The molecule has 9 aromatic rings. The number of benzene rings is 7. The molecule has 0 unspecified atom stereocenters. The van der Waals surface area contributed by atoms with Crippen LogP contribution in [0.15, 0.2) is 152 Å². The number of rotatable bonds is 4. The van der Waals surface area contributed by atoms with Gasteiger partial charge in [0.05, 0.1) is 50.6 Å². The van der Waals surface area contributed by atoms with Crippen molar-refractivity contribution < 1.29 is 8.78 Å². The average molecular weight is 622 g/mol. The summed E-state index contributed by atoms with van der Waals surface area (Å²) in [7, 11) is 0. The fourth-order valence-corrected chi connectivity index (χ4v) is 7.25. The van der Waals surface area contributed by atoms with Crippen molar-refractivity contribution in [1.29, 1.82) is 5.26 Å². The minimum Gasteiger partial charge on any atom is -0.309 e. The van der Waals surface area contributed by atoms with Crippen LogP contribution in [-0.2, 0) is 0 Å². The van der Waals surface area contributed by atoms with E-state index in [1.807, 2.05) is 22.8 Å². The van der Waals surface area contributed by atoms with E-state index < -0.39 is 11.6 Å². The first kappa shape index (κ1) is 27.8. The summed E-state index contributed by atoms with van der Waals surface area (Å²) in [6.07, 6.45) is 0. The van der Waals surface area contributed by atoms with Crippen LogP contribution in [0.5, 0.6) is 0 Å². The highest BCUT2D eigenvalue weighted by Crippen LogP contribution is 2.41. The summed E-state index contributed by atoms with van der Waals surface area (Å²) in [6.45, 7) is 0. The smallest absolute Gasteiger partial charge is 0.134 e. The van der Waals surface area contributed by atoms with E-state index in [2.05, 4.69) is 108 Å². The molecular weight excluding hydrogens is 596 g/mol. The number of para-hydroxylation sites is 4. The highest BCUT2D eigenvalue weighted by atomic mass is 19.1. The highest BCUT2D eigenvalue weighted by molar-refractivity contribution is 6.12. The molecule has 0 aliphatic rings. The van der Waals surface area contributed by atoms with Crippen LogP contribution in [0, 0.1) is 23.0 Å². The normalized spacial score (nSPS) is 11.5. The first-order valence-corrected chi connectivity index (χ1v) is 15.7. The molecule has 0 amide bonds. The van der Waals surface area contributed by atoms with E-state index in [1.54, 1.807) is 18.2 Å². The molecule has 0 bridgehead atoms. The van der Waals surface area contributed by atoms with Gasteiger partial charge in [-0.05, 0) is 72.3 Å². The summed E-state index contributed by atoms with van der Waals surface area (Å²) in [4.78, 5) is 0. The highest BCUT2D eigenvalue weighted by Gasteiger charge is 2.21. The van der Waals surface area contributed by atoms with Gasteiger partial charge in [0.25, 0.3) is 0 Å². The van der Waals surface area contributed by atoms with E-state index >= 15 is 8.78 Å². The van der Waals surface area contributed by atoms with Crippen LogP contribution in [-0.4, -0.2) is 9.13 Å². The summed E-state index contributed by atoms with van der Waals surface area (Å²) < 4.78 is 34.9. The maximum Gasteiger partial charge on any atom is 0.134 e. The molecule has 48 heavy (non-hydrogen) atoms. The topological polar surface area (TPSA) is 33.6 Å². The summed E-state index contributed by atoms with van der Waals surface area (Å²) >= 11 is 0. The van der Waals surface area contributed by atoms with Gasteiger partial charge in [-0.2, -0.15) is 5.26 Å². The van der Waals surface area contributed by atoms with Crippen LogP contribution >= 0.6 is 0 Å². The maximum absolute atomic E-state index is 15.3. The predicted molar refractivity (Wildman–Crippen MR) is 191 cm³/mol. The number of aromatic nitrogens is 2. The average Bonchev–Trinajstić information content (AvgIpc) is 3.64. The van der Waals surface area contributed by atoms with Crippen molar-refractivity contribution in [2.45, 2.75) is 0 Å². The molecule has 0 atom stereocenters. The van der Waals surface area contributed by atoms with E-state index in [0.717, 1.165) is 49.7 Å². The molecule has 0 aliphatic carbocycles. The molecule has 0 radical (unpaired) electrons. The molecule has 7 aromatic carbocycles. The Bertz CT molecular complexity index is 2710. The summed E-state index contributed by atoms with van der Waals surface area (Å²) in [5, 5.41) is 14.1. The zero-order chi connectivity index (χ0) is 32.4. The molecule has 0 saturated heterocycles. The number of halogens is 2. The molecule has 2 heterocycles. The Hall–Kier alpha value is -6.51. The monoisotopic (exact) mass is 621 g/mol. The van der Waals surface area contributed by atoms with Crippen LogP contribution in [0.2, 0.25) is 0 Å². The maximum atomic E-state index is 15.3. The van der Waals surface area contributed by atoms with Gasteiger partial charge >= 0.3 is 0 Å². The van der Waals surface area contributed by atoms with E-state index in [1.165, 1.54) is 29.0 Å². The lowest BCUT2D eigenvalue weighted by atomic mass is 9.99. The number of hydrogen-bond acceptors (Lipinski definition) is 1. The number of nitriles is 1. The Kier molecular flexibility index (Phi) is 6.24. The van der Waals surface area contributed by atoms with Crippen molar-refractivity contribution >= 4 is 43.6 Å². The molecule has 2 aromatic heterocycles. The number of hydrogen-bond donors (Lipinski definition) is 0. The van der Waals surface area contributed by atoms with Gasteiger partial charge in [-0.15, -0.1) is 0 Å². The second-order valence-corrected chi connectivity index (χ2v) is 11.9. The Morgan fingerprint density at radius 2 is 0.958 bits per heavy atom. The quantitative estimate of drug-likeness (QED) is 0.192. The van der Waals surface area contributed by atoms with E-state index in [0.29, 0.717) is 16.8 Å². The van der Waals surface area contributed by atoms with Crippen molar-refractivity contribution in [2.24, 2.45) is 0 Å². The van der Waals surface area contributed by atoms with Gasteiger partial charge in [-0.1, -0.05) is 84.9 Å². The van der Waals surface area contributed by atoms with Crippen molar-refractivity contribution in [3.63, 3.8) is 0 Å². The third-order valence-electron chi connectivity index (χ3n) is 9.31. The number of fused-ring (bicyclic) bond motifs is 6. The SMILES string of the molecule is N#Cc1ccc(-n2c3ccccc3c3cc(-c4ccccc4-n4c5ccccc5c5ccccc54)ccc32)c(-c2c(F)cccc2F)c1. The van der Waals surface area contributed by atoms with Crippen LogP contribution < -0.4 is 0 Å². The van der Waals surface area contributed by atoms with E-state index in [4.69, 9.17) is 0 Å². The van der Waals surface area contributed by atoms with Gasteiger partial charge < -0.3 is 9.13 Å². The molecule has 3 nitrogen and oxygen atoms in total. The molecule has 0 spiro atoms. The standard InChI is InChI=1S/C43H25F2N3/c44-35-14-9-15-36(45)43(35)34-24-27(26-46)20-22-42(34)48-40-19-8-4-13-32(40)33-25-28(21-23-41(33)48)29-10-1-5-16-37(29)47-38-17-6-2-11-30(38)31-12-3-7-18-39(31)47/h1-25H. The van der Waals surface area contributed by atoms with Crippen LogP contribution in [0.4, 0.5) is 8.78 Å². The van der Waals surface area contributed by atoms with Gasteiger partial charge in [0, 0.05) is 32.7 Å². The Labute approximate surface area is 274 Å². The van der Waals surface area contributed by atoms with Gasteiger partial charge in [-0.25, -0.2) is 8.78 Å². The molecular formula is C43H25F2N3. The third kappa shape index (κ3) is 4.10. The molecule has 0 aliphatic heterocycles. The predicted octanol–water partition coefficient (Wildman–Crippen LogP) is 11.4. The largest absolute Gasteiger partial charge is 0.309 e. The van der Waals surface area contributed by atoms with Gasteiger partial charge in [0.1, 0.15) is 11.6 Å². The lowest BCUT2D eigenvalue weighted by Crippen LogP contribution is -2.01. The summed E-state index contributed by atoms with van der Waals surface area (Å²) in [6, 6.07) is 50.8. The Morgan fingerprint density at radius 1 is 0.438 bits per heavy atom. The zero-order valence-corrected chi connectivity index (χ0v) is 25.5. The first-order valence-electron chi connectivity index (χ1n) is 15.7. The third-order valence-corrected chi connectivity index (χ3v) is 9.31. The van der Waals surface area contributed by atoms with E-state index in [-0.39, 0.29) is 5.56 Å². The van der Waals surface area contributed by atoms with Gasteiger partial charge in [-0.3, -0.25) is 0 Å². The molecule has 0 saturated carbocycles. The first-order chi connectivity index (χ1) is 23.6. The zero-order valence-electron chi connectivity index (χ0n) is 25.5. The van der Waals surface area contributed by atoms with Crippen LogP contribution in [0.3, 0.4) is 0 Å². The Balaban J connectivity index is 1.31. The van der Waals surface area contributed by atoms with Gasteiger partial charge in [0.15, 0.2) is 0 Å². The lowest BCUT2D eigenvalue weighted by Gasteiger charge is -2.16. The Morgan fingerprint density at radius 3 is 1.58 bits per heavy atom. The number of nitrogens with zero attached hydrogens (tertiary/aromatic N) is 3. The van der Waals surface area contributed by atoms with Crippen molar-refractivity contribution in [2.75, 3.05) is 0 Å². The fraction of sp³-hybridized carbons (Fsp3) is 0. The molecule has 0 N–H and O–H groups in total. The van der Waals surface area contributed by atoms with Crippen molar-refractivity contribution in [1.82, 2.24) is 9.13 Å². The molecule has 0 fully saturated rings. The molecule has 226 valence electrons. The van der Waals surface area contributed by atoms with Crippen LogP contribution in [0.25, 0.3) is 77.2 Å². The minimum atomic E-state index is -0.684. The summed E-state index contributed by atoms with van der Waals surface area (Å²) in [5.74, 6) is -1.37. The molecule has 5 heteroatoms. The second-order valence-electron chi connectivity index (χ2n) is 11.9.